The molecule has 49 heavy (non-hydrogen) atoms. The number of amides is 2. The van der Waals surface area contributed by atoms with E-state index < -0.39 is 28.5 Å². The van der Waals surface area contributed by atoms with Gasteiger partial charge in [-0.2, -0.15) is 0 Å². The highest BCUT2D eigenvalue weighted by atomic mass is 35.5. The Kier molecular flexibility index (Phi) is 12.3. The van der Waals surface area contributed by atoms with Crippen molar-refractivity contribution in [2.75, 3.05) is 18.0 Å². The van der Waals surface area contributed by atoms with Gasteiger partial charge in [0, 0.05) is 24.0 Å². The number of nitrogens with zero attached hydrogens (tertiary/aromatic N) is 2. The summed E-state index contributed by atoms with van der Waals surface area (Å²) in [6, 6.07) is 26.6. The molecule has 8 nitrogen and oxygen atoms in total. The van der Waals surface area contributed by atoms with Gasteiger partial charge in [-0.3, -0.25) is 13.9 Å². The lowest BCUT2D eigenvalue weighted by molar-refractivity contribution is -0.140. The molecule has 0 aromatic heterocycles. The van der Waals surface area contributed by atoms with E-state index in [2.05, 4.69) is 5.32 Å². The Labute approximate surface area is 299 Å². The molecular formula is C38H41Cl2N3O5S. The third kappa shape index (κ3) is 9.35. The van der Waals surface area contributed by atoms with Gasteiger partial charge in [0.2, 0.25) is 11.8 Å². The molecule has 0 spiro atoms. The molecule has 1 fully saturated rings. The van der Waals surface area contributed by atoms with E-state index in [4.69, 9.17) is 27.9 Å². The molecule has 2 amide bonds. The van der Waals surface area contributed by atoms with Gasteiger partial charge in [-0.25, -0.2) is 8.42 Å². The fraction of sp³-hybridized carbons (Fsp3) is 0.316. The van der Waals surface area contributed by atoms with Gasteiger partial charge in [-0.15, -0.1) is 0 Å². The highest BCUT2D eigenvalue weighted by Gasteiger charge is 2.35. The largest absolute Gasteiger partial charge is 0.495 e. The van der Waals surface area contributed by atoms with Crippen LogP contribution in [-0.4, -0.2) is 50.9 Å². The van der Waals surface area contributed by atoms with E-state index >= 15 is 0 Å². The number of methoxy groups -OCH3 is 1. The number of nitrogens with one attached hydrogen (secondary N) is 1. The van der Waals surface area contributed by atoms with E-state index in [0.29, 0.717) is 16.3 Å². The van der Waals surface area contributed by atoms with Crippen molar-refractivity contribution in [3.05, 3.63) is 124 Å². The maximum atomic E-state index is 14.7. The van der Waals surface area contributed by atoms with Crippen LogP contribution >= 0.6 is 23.2 Å². The number of rotatable bonds is 13. The molecule has 11 heteroatoms. The SMILES string of the molecule is COc1ccc(N(CC(=O)N(Cc2cccc(Cl)c2)C(Cc2ccccc2)C(=O)NC2CCCCC2)S(=O)(=O)c2ccc(C)cc2)cc1Cl. The molecule has 1 saturated carbocycles. The molecule has 0 aliphatic heterocycles. The van der Waals surface area contributed by atoms with E-state index in [1.807, 2.05) is 43.3 Å². The van der Waals surface area contributed by atoms with Crippen LogP contribution in [0.4, 0.5) is 5.69 Å². The molecule has 0 radical (unpaired) electrons. The van der Waals surface area contributed by atoms with Crippen molar-refractivity contribution in [2.45, 2.75) is 69.0 Å². The van der Waals surface area contributed by atoms with E-state index in [0.717, 1.165) is 47.5 Å². The number of carbonyl (C=O) groups is 2. The van der Waals surface area contributed by atoms with E-state index in [1.165, 1.54) is 30.2 Å². The third-order valence-corrected chi connectivity index (χ3v) is 11.1. The van der Waals surface area contributed by atoms with Gasteiger partial charge in [0.25, 0.3) is 10.0 Å². The highest BCUT2D eigenvalue weighted by Crippen LogP contribution is 2.32. The minimum Gasteiger partial charge on any atom is -0.495 e. The molecule has 4 aromatic carbocycles. The first kappa shape index (κ1) is 36.2. The Morgan fingerprint density at radius 2 is 1.57 bits per heavy atom. The van der Waals surface area contributed by atoms with Gasteiger partial charge in [-0.1, -0.05) is 103 Å². The second kappa shape index (κ2) is 16.6. The minimum absolute atomic E-state index is 0.00231. The standard InChI is InChI=1S/C38H41Cl2N3O5S/c1-27-16-19-33(20-17-27)49(46,47)43(32-18-21-36(48-2)34(40)24-32)26-37(44)42(25-29-12-9-13-30(39)22-29)35(23-28-10-5-3-6-11-28)38(45)41-31-14-7-4-8-15-31/h3,5-6,9-13,16-22,24,31,35H,4,7-8,14-15,23,25-26H2,1-2H3,(H,41,45). The van der Waals surface area contributed by atoms with Crippen molar-refractivity contribution in [1.29, 1.82) is 0 Å². The number of anilines is 1. The van der Waals surface area contributed by atoms with Crippen LogP contribution in [0.2, 0.25) is 10.0 Å². The van der Waals surface area contributed by atoms with Gasteiger partial charge in [0.15, 0.2) is 0 Å². The van der Waals surface area contributed by atoms with Crippen LogP contribution in [0.15, 0.2) is 102 Å². The summed E-state index contributed by atoms with van der Waals surface area (Å²) in [5, 5.41) is 3.88. The Morgan fingerprint density at radius 3 is 2.22 bits per heavy atom. The zero-order valence-electron chi connectivity index (χ0n) is 27.6. The summed E-state index contributed by atoms with van der Waals surface area (Å²) >= 11 is 12.8. The summed E-state index contributed by atoms with van der Waals surface area (Å²) in [4.78, 5) is 30.5. The molecular weight excluding hydrogens is 681 g/mol. The Balaban J connectivity index is 1.58. The van der Waals surface area contributed by atoms with Crippen LogP contribution in [-0.2, 0) is 32.6 Å². The molecule has 1 aliphatic carbocycles. The Morgan fingerprint density at radius 1 is 0.878 bits per heavy atom. The van der Waals surface area contributed by atoms with Crippen LogP contribution in [0.3, 0.4) is 0 Å². The maximum Gasteiger partial charge on any atom is 0.264 e. The number of sulfonamides is 1. The van der Waals surface area contributed by atoms with Crippen molar-refractivity contribution in [1.82, 2.24) is 10.2 Å². The molecule has 0 bridgehead atoms. The summed E-state index contributed by atoms with van der Waals surface area (Å²) < 4.78 is 35.0. The van der Waals surface area contributed by atoms with E-state index in [9.17, 15) is 18.0 Å². The number of benzene rings is 4. The summed E-state index contributed by atoms with van der Waals surface area (Å²) in [7, 11) is -2.82. The molecule has 1 N–H and O–H groups in total. The number of carbonyl (C=O) groups excluding carboxylic acids is 2. The van der Waals surface area contributed by atoms with Crippen LogP contribution in [0.1, 0.15) is 48.8 Å². The van der Waals surface area contributed by atoms with E-state index in [-0.39, 0.29) is 40.5 Å². The smallest absolute Gasteiger partial charge is 0.264 e. The molecule has 4 aromatic rings. The topological polar surface area (TPSA) is 96.0 Å². The van der Waals surface area contributed by atoms with Crippen molar-refractivity contribution < 1.29 is 22.7 Å². The first-order valence-corrected chi connectivity index (χ1v) is 18.6. The molecule has 0 heterocycles. The predicted octanol–water partition coefficient (Wildman–Crippen LogP) is 7.59. The first-order valence-electron chi connectivity index (χ1n) is 16.4. The number of ether oxygens (including phenoxy) is 1. The summed E-state index contributed by atoms with van der Waals surface area (Å²) in [5.41, 5.74) is 2.62. The normalized spacial score (nSPS) is 14.1. The average Bonchev–Trinajstić information content (AvgIpc) is 3.09. The fourth-order valence-electron chi connectivity index (χ4n) is 6.11. The minimum atomic E-state index is -4.28. The lowest BCUT2D eigenvalue weighted by Gasteiger charge is -2.35. The Bertz CT molecular complexity index is 1850. The number of hydrogen-bond acceptors (Lipinski definition) is 5. The quantitative estimate of drug-likeness (QED) is 0.154. The van der Waals surface area contributed by atoms with Crippen molar-refractivity contribution in [3.63, 3.8) is 0 Å². The van der Waals surface area contributed by atoms with E-state index in [1.54, 1.807) is 42.5 Å². The fourth-order valence-corrected chi connectivity index (χ4v) is 7.98. The van der Waals surface area contributed by atoms with Crippen LogP contribution in [0, 0.1) is 6.92 Å². The number of aryl methyl sites for hydroxylation is 1. The maximum absolute atomic E-state index is 14.7. The van der Waals surface area contributed by atoms with Gasteiger partial charge in [0.05, 0.1) is 22.7 Å². The Hall–Kier alpha value is -4.05. The molecule has 1 aliphatic rings. The van der Waals surface area contributed by atoms with Crippen LogP contribution in [0.25, 0.3) is 0 Å². The molecule has 1 unspecified atom stereocenters. The molecule has 1 atom stereocenters. The van der Waals surface area contributed by atoms with Gasteiger partial charge in [-0.05, 0) is 73.4 Å². The average molecular weight is 723 g/mol. The zero-order valence-corrected chi connectivity index (χ0v) is 30.0. The summed E-state index contributed by atoms with van der Waals surface area (Å²) in [5.74, 6) is -0.497. The predicted molar refractivity (Wildman–Crippen MR) is 195 cm³/mol. The first-order chi connectivity index (χ1) is 23.5. The lowest BCUT2D eigenvalue weighted by Crippen LogP contribution is -2.55. The highest BCUT2D eigenvalue weighted by molar-refractivity contribution is 7.92. The number of hydrogen-bond donors (Lipinski definition) is 1. The molecule has 258 valence electrons. The van der Waals surface area contributed by atoms with Crippen molar-refractivity contribution in [3.8, 4) is 5.75 Å². The zero-order chi connectivity index (χ0) is 35.0. The lowest BCUT2D eigenvalue weighted by atomic mass is 9.94. The van der Waals surface area contributed by atoms with Gasteiger partial charge >= 0.3 is 0 Å². The van der Waals surface area contributed by atoms with Crippen LogP contribution < -0.4 is 14.4 Å². The molecule has 0 saturated heterocycles. The van der Waals surface area contributed by atoms with Gasteiger partial charge < -0.3 is 15.0 Å². The second-order valence-corrected chi connectivity index (χ2v) is 15.1. The molecule has 5 rings (SSSR count). The summed E-state index contributed by atoms with van der Waals surface area (Å²) in [6.07, 6.45) is 5.13. The second-order valence-electron chi connectivity index (χ2n) is 12.3. The van der Waals surface area contributed by atoms with Crippen molar-refractivity contribution >= 4 is 50.7 Å². The monoisotopic (exact) mass is 721 g/mol. The number of halogens is 2. The van der Waals surface area contributed by atoms with Gasteiger partial charge in [0.1, 0.15) is 18.3 Å². The van der Waals surface area contributed by atoms with Crippen molar-refractivity contribution in [2.24, 2.45) is 0 Å². The third-order valence-electron chi connectivity index (χ3n) is 8.78. The van der Waals surface area contributed by atoms with Crippen LogP contribution in [0.5, 0.6) is 5.75 Å². The summed E-state index contributed by atoms with van der Waals surface area (Å²) in [6.45, 7) is 1.29.